The molecule has 0 aromatic heterocycles. The van der Waals surface area contributed by atoms with Crippen LogP contribution < -0.4 is 4.72 Å². The molecule has 21 heavy (non-hydrogen) atoms. The molecule has 1 aliphatic carbocycles. The first-order chi connectivity index (χ1) is 9.89. The van der Waals surface area contributed by atoms with E-state index in [4.69, 9.17) is 0 Å². The van der Waals surface area contributed by atoms with Crippen molar-refractivity contribution in [3.05, 3.63) is 39.9 Å². The zero-order valence-corrected chi connectivity index (χ0v) is 12.3. The number of aliphatic hydroxyl groups is 1. The fourth-order valence-electron chi connectivity index (χ4n) is 2.56. The summed E-state index contributed by atoms with van der Waals surface area (Å²) in [4.78, 5) is 10.3. The van der Waals surface area contributed by atoms with Crippen LogP contribution in [0, 0.1) is 16.0 Å². The molecule has 0 radical (unpaired) electrons. The summed E-state index contributed by atoms with van der Waals surface area (Å²) in [6, 6.07) is 5.78. The van der Waals surface area contributed by atoms with Gasteiger partial charge in [-0.3, -0.25) is 10.1 Å². The van der Waals surface area contributed by atoms with Crippen molar-refractivity contribution in [3.63, 3.8) is 0 Å². The zero-order valence-electron chi connectivity index (χ0n) is 11.4. The summed E-state index contributed by atoms with van der Waals surface area (Å²) >= 11 is 0. The minimum atomic E-state index is -3.67. The molecule has 0 heterocycles. The number of nitrogens with one attached hydrogen (secondary N) is 1. The maximum Gasteiger partial charge on any atom is 0.273 e. The van der Waals surface area contributed by atoms with Crippen LogP contribution in [0.1, 0.15) is 24.8 Å². The van der Waals surface area contributed by atoms with Crippen molar-refractivity contribution < 1.29 is 18.4 Å². The summed E-state index contributed by atoms with van der Waals surface area (Å²) in [5.74, 6) is -0.516. The largest absolute Gasteiger partial charge is 0.393 e. The van der Waals surface area contributed by atoms with Crippen molar-refractivity contribution in [2.24, 2.45) is 5.92 Å². The lowest BCUT2D eigenvalue weighted by Crippen LogP contribution is -2.33. The quantitative estimate of drug-likeness (QED) is 0.605. The summed E-state index contributed by atoms with van der Waals surface area (Å²) < 4.78 is 26.5. The Morgan fingerprint density at radius 1 is 1.33 bits per heavy atom. The molecule has 1 aromatic rings. The Balaban J connectivity index is 2.02. The van der Waals surface area contributed by atoms with Gasteiger partial charge in [-0.05, 0) is 18.8 Å². The van der Waals surface area contributed by atoms with Gasteiger partial charge in [0.05, 0.1) is 16.8 Å². The van der Waals surface area contributed by atoms with Crippen LogP contribution in [0.25, 0.3) is 0 Å². The van der Waals surface area contributed by atoms with Crippen molar-refractivity contribution in [1.29, 1.82) is 0 Å². The minimum Gasteiger partial charge on any atom is -0.393 e. The first kappa shape index (κ1) is 15.9. The van der Waals surface area contributed by atoms with Crippen LogP contribution in [0.15, 0.2) is 24.3 Å². The monoisotopic (exact) mass is 314 g/mol. The Labute approximate surface area is 123 Å². The molecule has 2 N–H and O–H groups in total. The molecule has 2 atom stereocenters. The van der Waals surface area contributed by atoms with Crippen LogP contribution in [0.2, 0.25) is 0 Å². The van der Waals surface area contributed by atoms with Gasteiger partial charge < -0.3 is 5.11 Å². The fourth-order valence-corrected chi connectivity index (χ4v) is 3.78. The first-order valence-corrected chi connectivity index (χ1v) is 8.42. The third kappa shape index (κ3) is 4.23. The highest BCUT2D eigenvalue weighted by Gasteiger charge is 2.27. The summed E-state index contributed by atoms with van der Waals surface area (Å²) in [6.07, 6.45) is 1.89. The summed E-state index contributed by atoms with van der Waals surface area (Å²) in [6.45, 7) is 0.171. The van der Waals surface area contributed by atoms with E-state index in [1.807, 2.05) is 0 Å². The zero-order chi connectivity index (χ0) is 15.5. The predicted octanol–water partition coefficient (Wildman–Crippen LogP) is 1.18. The molecule has 1 aliphatic rings. The molecular formula is C13H18N2O5S. The van der Waals surface area contributed by atoms with E-state index >= 15 is 0 Å². The van der Waals surface area contributed by atoms with Crippen LogP contribution in [0.5, 0.6) is 0 Å². The highest BCUT2D eigenvalue weighted by atomic mass is 32.2. The maximum absolute atomic E-state index is 12.0. The normalized spacial score (nSPS) is 22.3. The first-order valence-electron chi connectivity index (χ1n) is 6.77. The summed E-state index contributed by atoms with van der Waals surface area (Å²) in [5.41, 5.74) is -0.0502. The second kappa shape index (κ2) is 6.50. The third-order valence-corrected chi connectivity index (χ3v) is 5.02. The minimum absolute atomic E-state index is 0.0782. The maximum atomic E-state index is 12.0. The Bertz CT molecular complexity index is 617. The summed E-state index contributed by atoms with van der Waals surface area (Å²) in [5, 5.41) is 20.5. The van der Waals surface area contributed by atoms with Gasteiger partial charge in [-0.2, -0.15) is 0 Å². The number of nitrogens with zero attached hydrogens (tertiary/aromatic N) is 1. The molecule has 2 unspecified atom stereocenters. The van der Waals surface area contributed by atoms with E-state index in [1.165, 1.54) is 18.2 Å². The molecule has 0 bridgehead atoms. The summed E-state index contributed by atoms with van der Waals surface area (Å²) in [7, 11) is -3.67. The van der Waals surface area contributed by atoms with Gasteiger partial charge in [0.25, 0.3) is 5.69 Å². The van der Waals surface area contributed by atoms with E-state index in [-0.39, 0.29) is 23.7 Å². The van der Waals surface area contributed by atoms with Crippen LogP contribution in [-0.4, -0.2) is 31.1 Å². The number of benzene rings is 1. The van der Waals surface area contributed by atoms with E-state index < -0.39 is 26.8 Å². The lowest BCUT2D eigenvalue weighted by Gasteiger charge is -2.15. The number of sulfonamides is 1. The Kier molecular flexibility index (Phi) is 4.92. The van der Waals surface area contributed by atoms with Crippen molar-refractivity contribution >= 4 is 15.7 Å². The molecule has 1 saturated carbocycles. The second-order valence-electron chi connectivity index (χ2n) is 5.25. The predicted molar refractivity (Wildman–Crippen MR) is 77.1 cm³/mol. The fraction of sp³-hybridized carbons (Fsp3) is 0.538. The van der Waals surface area contributed by atoms with E-state index in [2.05, 4.69) is 4.72 Å². The van der Waals surface area contributed by atoms with E-state index in [9.17, 15) is 23.6 Å². The number of nitro groups is 1. The number of hydrogen-bond donors (Lipinski definition) is 2. The molecule has 1 fully saturated rings. The van der Waals surface area contributed by atoms with Crippen molar-refractivity contribution in [2.75, 3.05) is 6.54 Å². The Hall–Kier alpha value is -1.51. The number of nitro benzene ring substituents is 1. The third-order valence-electron chi connectivity index (χ3n) is 3.72. The molecule has 7 nitrogen and oxygen atoms in total. The second-order valence-corrected chi connectivity index (χ2v) is 7.06. The van der Waals surface area contributed by atoms with E-state index in [0.717, 1.165) is 12.8 Å². The number of hydrogen-bond acceptors (Lipinski definition) is 5. The van der Waals surface area contributed by atoms with E-state index in [0.29, 0.717) is 6.42 Å². The topological polar surface area (TPSA) is 110 Å². The molecule has 0 amide bonds. The van der Waals surface area contributed by atoms with Crippen molar-refractivity contribution in [3.8, 4) is 0 Å². The average molecular weight is 314 g/mol. The lowest BCUT2D eigenvalue weighted by atomic mass is 10.1. The average Bonchev–Trinajstić information content (AvgIpc) is 2.82. The van der Waals surface area contributed by atoms with Gasteiger partial charge >= 0.3 is 0 Å². The molecule has 0 aliphatic heterocycles. The number of aliphatic hydroxyl groups excluding tert-OH is 1. The van der Waals surface area contributed by atoms with Gasteiger partial charge in [0, 0.05) is 18.2 Å². The number of rotatable bonds is 6. The molecule has 2 rings (SSSR count). The molecule has 116 valence electrons. The van der Waals surface area contributed by atoms with Crippen molar-refractivity contribution in [1.82, 2.24) is 4.72 Å². The highest BCUT2D eigenvalue weighted by molar-refractivity contribution is 7.88. The Morgan fingerprint density at radius 2 is 2.05 bits per heavy atom. The smallest absolute Gasteiger partial charge is 0.273 e. The lowest BCUT2D eigenvalue weighted by molar-refractivity contribution is -0.385. The van der Waals surface area contributed by atoms with Crippen molar-refractivity contribution in [2.45, 2.75) is 31.1 Å². The van der Waals surface area contributed by atoms with Gasteiger partial charge in [-0.1, -0.05) is 24.6 Å². The standard InChI is InChI=1S/C13H18N2O5S/c16-13-7-3-5-10(13)8-14-21(19,20)9-11-4-1-2-6-12(11)15(17)18/h1-2,4,6,10,13-14,16H,3,5,7-9H2. The Morgan fingerprint density at radius 3 is 2.67 bits per heavy atom. The molecule has 1 aromatic carbocycles. The van der Waals surface area contributed by atoms with Gasteiger partial charge in [0.1, 0.15) is 0 Å². The van der Waals surface area contributed by atoms with Gasteiger partial charge in [-0.25, -0.2) is 13.1 Å². The van der Waals surface area contributed by atoms with Gasteiger partial charge in [0.2, 0.25) is 10.0 Å². The van der Waals surface area contributed by atoms with Crippen LogP contribution in [-0.2, 0) is 15.8 Å². The van der Waals surface area contributed by atoms with E-state index in [1.54, 1.807) is 6.07 Å². The SMILES string of the molecule is O=[N+]([O-])c1ccccc1CS(=O)(=O)NCC1CCCC1O. The molecule has 0 spiro atoms. The van der Waals surface area contributed by atoms with Crippen LogP contribution >= 0.6 is 0 Å². The molecular weight excluding hydrogens is 296 g/mol. The van der Waals surface area contributed by atoms with Gasteiger partial charge in [-0.15, -0.1) is 0 Å². The highest BCUT2D eigenvalue weighted by Crippen LogP contribution is 2.25. The molecule has 0 saturated heterocycles. The van der Waals surface area contributed by atoms with Crippen LogP contribution in [0.3, 0.4) is 0 Å². The van der Waals surface area contributed by atoms with Crippen LogP contribution in [0.4, 0.5) is 5.69 Å². The number of para-hydroxylation sites is 1. The van der Waals surface area contributed by atoms with Gasteiger partial charge in [0.15, 0.2) is 0 Å². The molecule has 8 heteroatoms.